The molecule has 4 rings (SSSR count). The van der Waals surface area contributed by atoms with Crippen LogP contribution in [0, 0.1) is 11.3 Å². The molecule has 2 N–H and O–H groups in total. The first-order chi connectivity index (χ1) is 14.6. The Morgan fingerprint density at radius 3 is 1.73 bits per heavy atom. The monoisotopic (exact) mass is 438 g/mol. The zero-order valence-electron chi connectivity index (χ0n) is 16.1. The van der Waals surface area contributed by atoms with Gasteiger partial charge in [-0.25, -0.2) is 9.36 Å². The van der Waals surface area contributed by atoms with E-state index in [0.717, 1.165) is 33.9 Å². The van der Waals surface area contributed by atoms with Crippen LogP contribution in [0.2, 0.25) is 10.0 Å². The third-order valence-electron chi connectivity index (χ3n) is 4.17. The molecular weight excluding hydrogens is 419 g/mol. The molecule has 0 saturated carbocycles. The Balaban J connectivity index is 0.000000171. The Kier molecular flexibility index (Phi) is 7.63. The first kappa shape index (κ1) is 21.6. The van der Waals surface area contributed by atoms with Crippen LogP contribution in [0.3, 0.4) is 0 Å². The number of nitrogens with two attached hydrogens (primary N) is 1. The van der Waals surface area contributed by atoms with Crippen LogP contribution in [0.25, 0.3) is 11.4 Å². The minimum Gasteiger partial charge on any atom is -0.330 e. The van der Waals surface area contributed by atoms with E-state index in [-0.39, 0.29) is 0 Å². The number of nitrogens with zero attached hydrogens (tertiary/aromatic N) is 5. The van der Waals surface area contributed by atoms with E-state index in [1.54, 1.807) is 10.9 Å². The van der Waals surface area contributed by atoms with Gasteiger partial charge in [0.25, 0.3) is 0 Å². The average Bonchev–Trinajstić information content (AvgIpc) is 3.40. The van der Waals surface area contributed by atoms with Gasteiger partial charge in [-0.1, -0.05) is 23.2 Å². The van der Waals surface area contributed by atoms with E-state index in [2.05, 4.69) is 16.3 Å². The molecule has 0 amide bonds. The number of rotatable bonds is 5. The lowest BCUT2D eigenvalue weighted by Gasteiger charge is -2.00. The van der Waals surface area contributed by atoms with Gasteiger partial charge >= 0.3 is 0 Å². The van der Waals surface area contributed by atoms with Gasteiger partial charge < -0.3 is 5.73 Å². The van der Waals surface area contributed by atoms with E-state index in [0.29, 0.717) is 18.0 Å². The number of hydrogen-bond acceptors (Lipinski definition) is 4. The van der Waals surface area contributed by atoms with Crippen molar-refractivity contribution in [2.75, 3.05) is 6.54 Å². The Morgan fingerprint density at radius 2 is 1.27 bits per heavy atom. The van der Waals surface area contributed by atoms with Gasteiger partial charge in [-0.3, -0.25) is 0 Å². The number of aromatic nitrogens is 4. The van der Waals surface area contributed by atoms with Crippen molar-refractivity contribution in [3.63, 3.8) is 0 Å². The molecule has 0 unspecified atom stereocenters. The molecule has 2 aromatic heterocycles. The third-order valence-corrected chi connectivity index (χ3v) is 4.67. The van der Waals surface area contributed by atoms with Crippen molar-refractivity contribution < 1.29 is 0 Å². The summed E-state index contributed by atoms with van der Waals surface area (Å²) < 4.78 is 3.55. The van der Waals surface area contributed by atoms with Crippen molar-refractivity contribution in [1.82, 2.24) is 19.6 Å². The van der Waals surface area contributed by atoms with Gasteiger partial charge in [-0.05, 0) is 67.1 Å². The lowest BCUT2D eigenvalue weighted by Crippen LogP contribution is -2.01. The molecule has 30 heavy (non-hydrogen) atoms. The van der Waals surface area contributed by atoms with Crippen LogP contribution in [0.4, 0.5) is 0 Å². The summed E-state index contributed by atoms with van der Waals surface area (Å²) >= 11 is 11.6. The highest BCUT2D eigenvalue weighted by Crippen LogP contribution is 2.14. The van der Waals surface area contributed by atoms with Gasteiger partial charge in [0.05, 0.1) is 36.3 Å². The lowest BCUT2D eigenvalue weighted by molar-refractivity contribution is 0.879. The molecule has 0 aliphatic rings. The normalized spacial score (nSPS) is 10.2. The zero-order chi connectivity index (χ0) is 21.3. The summed E-state index contributed by atoms with van der Waals surface area (Å²) in [6.07, 6.45) is 8.59. The smallest absolute Gasteiger partial charge is 0.0670 e. The molecular formula is C22H20Cl2N6. The highest BCUT2D eigenvalue weighted by atomic mass is 35.5. The van der Waals surface area contributed by atoms with Crippen molar-refractivity contribution in [3.05, 3.63) is 94.5 Å². The second kappa shape index (κ2) is 10.6. The van der Waals surface area contributed by atoms with Crippen LogP contribution < -0.4 is 5.73 Å². The molecule has 0 saturated heterocycles. The minimum absolute atomic E-state index is 0.383. The fraction of sp³-hybridized carbons (Fsp3) is 0.136. The molecule has 0 radical (unpaired) electrons. The van der Waals surface area contributed by atoms with E-state index < -0.39 is 0 Å². The maximum atomic E-state index is 8.53. The van der Waals surface area contributed by atoms with Crippen LogP contribution in [-0.2, 0) is 12.8 Å². The highest BCUT2D eigenvalue weighted by Gasteiger charge is 2.01. The zero-order valence-corrected chi connectivity index (χ0v) is 17.6. The predicted molar refractivity (Wildman–Crippen MR) is 119 cm³/mol. The molecule has 0 atom stereocenters. The molecule has 6 nitrogen and oxygen atoms in total. The molecule has 0 bridgehead atoms. The topological polar surface area (TPSA) is 85.4 Å². The van der Waals surface area contributed by atoms with Crippen molar-refractivity contribution in [2.45, 2.75) is 12.8 Å². The Bertz CT molecular complexity index is 1110. The predicted octanol–water partition coefficient (Wildman–Crippen LogP) is 4.62. The van der Waals surface area contributed by atoms with Crippen LogP contribution in [0.15, 0.2) is 73.3 Å². The van der Waals surface area contributed by atoms with E-state index in [1.807, 2.05) is 71.8 Å². The minimum atomic E-state index is 0.383. The molecule has 2 aromatic carbocycles. The Hall–Kier alpha value is -3.11. The SMILES string of the molecule is N#CCc1cnn(-c2ccc(Cl)cc2)c1.NCCc1cnn(-c2ccc(Cl)cc2)c1. The van der Waals surface area contributed by atoms with E-state index in [4.69, 9.17) is 34.2 Å². The standard InChI is InChI=1S/C11H12ClN3.C11H8ClN3/c2*12-10-1-3-11(4-2-10)15-8-9(5-6-13)7-14-15/h1-4,7-8H,5-6,13H2;1-4,7-8H,5H2. The van der Waals surface area contributed by atoms with Gasteiger partial charge in [-0.15, -0.1) is 0 Å². The maximum Gasteiger partial charge on any atom is 0.0670 e. The fourth-order valence-electron chi connectivity index (χ4n) is 2.67. The van der Waals surface area contributed by atoms with Gasteiger partial charge in [0.2, 0.25) is 0 Å². The van der Waals surface area contributed by atoms with Crippen LogP contribution >= 0.6 is 23.2 Å². The average molecular weight is 439 g/mol. The second-order valence-electron chi connectivity index (χ2n) is 6.41. The summed E-state index contributed by atoms with van der Waals surface area (Å²) in [6.45, 7) is 0.645. The number of hydrogen-bond donors (Lipinski definition) is 1. The summed E-state index contributed by atoms with van der Waals surface area (Å²) in [7, 11) is 0. The van der Waals surface area contributed by atoms with Gasteiger partial charge in [0.15, 0.2) is 0 Å². The summed E-state index contributed by atoms with van der Waals surface area (Å²) in [4.78, 5) is 0. The van der Waals surface area contributed by atoms with Crippen molar-refractivity contribution >= 4 is 23.2 Å². The molecule has 4 aromatic rings. The van der Waals surface area contributed by atoms with Crippen molar-refractivity contribution in [3.8, 4) is 17.4 Å². The largest absolute Gasteiger partial charge is 0.330 e. The van der Waals surface area contributed by atoms with Crippen LogP contribution in [0.5, 0.6) is 0 Å². The molecule has 2 heterocycles. The first-order valence-corrected chi connectivity index (χ1v) is 10.0. The Morgan fingerprint density at radius 1 is 0.800 bits per heavy atom. The van der Waals surface area contributed by atoms with Crippen LogP contribution in [-0.4, -0.2) is 26.1 Å². The molecule has 0 aliphatic heterocycles. The number of halogens is 2. The summed E-state index contributed by atoms with van der Waals surface area (Å²) in [6, 6.07) is 17.0. The summed E-state index contributed by atoms with van der Waals surface area (Å²) in [5, 5.41) is 18.4. The van der Waals surface area contributed by atoms with Gasteiger partial charge in [0.1, 0.15) is 0 Å². The van der Waals surface area contributed by atoms with Crippen LogP contribution in [0.1, 0.15) is 11.1 Å². The van der Waals surface area contributed by atoms with E-state index in [1.165, 1.54) is 0 Å². The van der Waals surface area contributed by atoms with E-state index in [9.17, 15) is 0 Å². The summed E-state index contributed by atoms with van der Waals surface area (Å²) in [5.41, 5.74) is 9.47. The summed E-state index contributed by atoms with van der Waals surface area (Å²) in [5.74, 6) is 0. The molecule has 0 spiro atoms. The number of benzene rings is 2. The molecule has 8 heteroatoms. The lowest BCUT2D eigenvalue weighted by atomic mass is 10.2. The first-order valence-electron chi connectivity index (χ1n) is 9.25. The van der Waals surface area contributed by atoms with Gasteiger partial charge in [0, 0.05) is 28.0 Å². The third kappa shape index (κ3) is 5.94. The van der Waals surface area contributed by atoms with E-state index >= 15 is 0 Å². The van der Waals surface area contributed by atoms with Crippen molar-refractivity contribution in [1.29, 1.82) is 5.26 Å². The number of nitriles is 1. The van der Waals surface area contributed by atoms with Crippen molar-refractivity contribution in [2.24, 2.45) is 5.73 Å². The molecule has 0 fully saturated rings. The Labute approximate surface area is 185 Å². The molecule has 0 aliphatic carbocycles. The quantitative estimate of drug-likeness (QED) is 0.492. The van der Waals surface area contributed by atoms with Gasteiger partial charge in [-0.2, -0.15) is 15.5 Å². The fourth-order valence-corrected chi connectivity index (χ4v) is 2.92. The second-order valence-corrected chi connectivity index (χ2v) is 7.29. The highest BCUT2D eigenvalue weighted by molar-refractivity contribution is 6.30. The maximum absolute atomic E-state index is 8.53. The molecule has 152 valence electrons.